The molecule has 0 spiro atoms. The molecule has 0 amide bonds. The van der Waals surface area contributed by atoms with Crippen LogP contribution in [0.25, 0.3) is 0 Å². The maximum atomic E-state index is 12.5. The van der Waals surface area contributed by atoms with Gasteiger partial charge in [-0.1, -0.05) is 6.07 Å². The zero-order chi connectivity index (χ0) is 17.8. The number of nitrogens with one attached hydrogen (secondary N) is 1. The smallest absolute Gasteiger partial charge is 0.387 e. The summed E-state index contributed by atoms with van der Waals surface area (Å²) in [6.07, 6.45) is 3.73. The fourth-order valence-electron chi connectivity index (χ4n) is 3.13. The zero-order valence-corrected chi connectivity index (χ0v) is 14.3. The van der Waals surface area contributed by atoms with E-state index in [1.807, 2.05) is 17.8 Å². The number of rotatable bonds is 6. The Hall–Kier alpha value is -2.19. The highest BCUT2D eigenvalue weighted by Gasteiger charge is 2.27. The van der Waals surface area contributed by atoms with E-state index < -0.39 is 6.61 Å². The monoisotopic (exact) mass is 352 g/mol. The maximum Gasteiger partial charge on any atom is 0.387 e. The van der Waals surface area contributed by atoms with Gasteiger partial charge in [0.05, 0.1) is 13.2 Å². The lowest BCUT2D eigenvalue weighted by atomic mass is 10.1. The van der Waals surface area contributed by atoms with Crippen LogP contribution < -0.4 is 14.8 Å². The second-order valence-electron chi connectivity index (χ2n) is 5.95. The Morgan fingerprint density at radius 3 is 2.88 bits per heavy atom. The molecule has 1 aliphatic rings. The summed E-state index contributed by atoms with van der Waals surface area (Å²) in [7, 11) is 3.42. The van der Waals surface area contributed by atoms with Gasteiger partial charge in [-0.05, 0) is 17.7 Å². The third-order valence-corrected chi connectivity index (χ3v) is 4.34. The van der Waals surface area contributed by atoms with Gasteiger partial charge in [-0.25, -0.2) is 4.98 Å². The van der Waals surface area contributed by atoms with Gasteiger partial charge in [0.2, 0.25) is 0 Å². The van der Waals surface area contributed by atoms with Gasteiger partial charge in [-0.2, -0.15) is 8.78 Å². The van der Waals surface area contributed by atoms with Gasteiger partial charge >= 0.3 is 6.61 Å². The molecule has 2 aromatic rings. The number of nitrogens with zero attached hydrogens (tertiary/aromatic N) is 3. The van der Waals surface area contributed by atoms with Crippen molar-refractivity contribution >= 4 is 0 Å². The number of alkyl halides is 2. The quantitative estimate of drug-likeness (QED) is 0.864. The number of ether oxygens (including phenoxy) is 2. The molecule has 0 bridgehead atoms. The van der Waals surface area contributed by atoms with Gasteiger partial charge in [0.25, 0.3) is 0 Å². The molecule has 1 aliphatic heterocycles. The van der Waals surface area contributed by atoms with Crippen LogP contribution in [0.2, 0.25) is 0 Å². The molecule has 1 aromatic heterocycles. The molecule has 136 valence electrons. The third-order valence-electron chi connectivity index (χ3n) is 4.34. The van der Waals surface area contributed by atoms with Crippen molar-refractivity contribution in [2.24, 2.45) is 7.05 Å². The number of methoxy groups -OCH3 is 1. The van der Waals surface area contributed by atoms with Gasteiger partial charge in [-0.3, -0.25) is 4.90 Å². The third kappa shape index (κ3) is 4.08. The number of hydrogen-bond donors (Lipinski definition) is 1. The lowest BCUT2D eigenvalue weighted by molar-refractivity contribution is -0.0512. The van der Waals surface area contributed by atoms with E-state index in [0.29, 0.717) is 12.3 Å². The molecule has 25 heavy (non-hydrogen) atoms. The van der Waals surface area contributed by atoms with Gasteiger partial charge < -0.3 is 19.4 Å². The first-order valence-electron chi connectivity index (χ1n) is 8.12. The Balaban J connectivity index is 1.79. The highest BCUT2D eigenvalue weighted by Crippen LogP contribution is 2.31. The molecule has 3 rings (SSSR count). The number of aromatic nitrogens is 2. The molecule has 2 heterocycles. The number of piperazine rings is 1. The summed E-state index contributed by atoms with van der Waals surface area (Å²) in [6.45, 7) is 0.375. The van der Waals surface area contributed by atoms with Crippen LogP contribution in [-0.2, 0) is 13.6 Å². The van der Waals surface area contributed by atoms with Crippen molar-refractivity contribution in [2.45, 2.75) is 19.2 Å². The van der Waals surface area contributed by atoms with E-state index in [-0.39, 0.29) is 11.8 Å². The minimum absolute atomic E-state index is 0.0437. The van der Waals surface area contributed by atoms with Crippen molar-refractivity contribution in [1.29, 1.82) is 0 Å². The predicted octanol–water partition coefficient (Wildman–Crippen LogP) is 2.18. The van der Waals surface area contributed by atoms with E-state index in [2.05, 4.69) is 19.9 Å². The van der Waals surface area contributed by atoms with Crippen molar-refractivity contribution in [1.82, 2.24) is 19.8 Å². The summed E-state index contributed by atoms with van der Waals surface area (Å²) < 4.78 is 36.6. The summed E-state index contributed by atoms with van der Waals surface area (Å²) in [5.41, 5.74) is 0.972. The fraction of sp³-hybridized carbons (Fsp3) is 0.471. The molecule has 8 heteroatoms. The largest absolute Gasteiger partial charge is 0.493 e. The van der Waals surface area contributed by atoms with Crippen molar-refractivity contribution in [2.75, 3.05) is 26.7 Å². The topological polar surface area (TPSA) is 51.5 Å². The average molecular weight is 352 g/mol. The molecule has 1 saturated heterocycles. The summed E-state index contributed by atoms with van der Waals surface area (Å²) in [4.78, 5) is 6.79. The first-order chi connectivity index (χ1) is 12.1. The molecule has 1 fully saturated rings. The fourth-order valence-corrected chi connectivity index (χ4v) is 3.13. The van der Waals surface area contributed by atoms with E-state index in [4.69, 9.17) is 4.74 Å². The van der Waals surface area contributed by atoms with Crippen LogP contribution in [0.3, 0.4) is 0 Å². The highest BCUT2D eigenvalue weighted by atomic mass is 19.3. The van der Waals surface area contributed by atoms with Crippen molar-refractivity contribution in [3.8, 4) is 11.5 Å². The van der Waals surface area contributed by atoms with Gasteiger partial charge in [0.15, 0.2) is 11.5 Å². The first-order valence-corrected chi connectivity index (χ1v) is 8.12. The Morgan fingerprint density at radius 2 is 2.20 bits per heavy atom. The summed E-state index contributed by atoms with van der Waals surface area (Å²) in [5.74, 6) is 1.35. The Morgan fingerprint density at radius 1 is 1.36 bits per heavy atom. The number of hydrogen-bond acceptors (Lipinski definition) is 5. The van der Waals surface area contributed by atoms with Crippen LogP contribution in [0.15, 0.2) is 30.6 Å². The summed E-state index contributed by atoms with van der Waals surface area (Å²) >= 11 is 0. The predicted molar refractivity (Wildman–Crippen MR) is 88.9 cm³/mol. The molecule has 1 N–H and O–H groups in total. The molecular weight excluding hydrogens is 330 g/mol. The summed E-state index contributed by atoms with van der Waals surface area (Å²) in [5, 5.41) is 3.40. The second kappa shape index (κ2) is 7.79. The van der Waals surface area contributed by atoms with Gasteiger partial charge in [-0.15, -0.1) is 0 Å². The van der Waals surface area contributed by atoms with Crippen molar-refractivity contribution < 1.29 is 18.3 Å². The van der Waals surface area contributed by atoms with Crippen molar-refractivity contribution in [3.63, 3.8) is 0 Å². The van der Waals surface area contributed by atoms with E-state index in [1.54, 1.807) is 18.3 Å². The zero-order valence-electron chi connectivity index (χ0n) is 14.3. The van der Waals surface area contributed by atoms with Crippen LogP contribution in [0.4, 0.5) is 8.78 Å². The minimum Gasteiger partial charge on any atom is -0.493 e. The van der Waals surface area contributed by atoms with Crippen LogP contribution in [-0.4, -0.2) is 47.8 Å². The molecule has 0 aliphatic carbocycles. The number of imidazole rings is 1. The second-order valence-corrected chi connectivity index (χ2v) is 5.95. The molecule has 1 atom stereocenters. The van der Waals surface area contributed by atoms with E-state index in [9.17, 15) is 8.78 Å². The number of aryl methyl sites for hydroxylation is 1. The molecule has 0 saturated carbocycles. The van der Waals surface area contributed by atoms with E-state index in [0.717, 1.165) is 31.0 Å². The standard InChI is InChI=1S/C17H22F2N4O2/c1-22-7-6-21-16(22)13-10-20-5-8-23(13)11-12-3-4-14(25-17(18)19)15(9-12)24-2/h3-4,6-7,9,13,17,20H,5,8,10-11H2,1-2H3. The summed E-state index contributed by atoms with van der Waals surface area (Å²) in [6, 6.07) is 5.21. The maximum absolute atomic E-state index is 12.5. The van der Waals surface area contributed by atoms with E-state index in [1.165, 1.54) is 13.2 Å². The van der Waals surface area contributed by atoms with Crippen molar-refractivity contribution in [3.05, 3.63) is 42.0 Å². The molecule has 1 unspecified atom stereocenters. The number of benzene rings is 1. The average Bonchev–Trinajstić information content (AvgIpc) is 3.02. The van der Waals surface area contributed by atoms with E-state index >= 15 is 0 Å². The normalized spacial score (nSPS) is 18.5. The SMILES string of the molecule is COc1cc(CN2CCNCC2c2nccn2C)ccc1OC(F)F. The molecule has 0 radical (unpaired) electrons. The Bertz CT molecular complexity index is 708. The molecule has 1 aromatic carbocycles. The van der Waals surface area contributed by atoms with Gasteiger partial charge in [0, 0.05) is 45.6 Å². The van der Waals surface area contributed by atoms with Crippen LogP contribution in [0, 0.1) is 0 Å². The van der Waals surface area contributed by atoms with Crippen LogP contribution in [0.1, 0.15) is 17.4 Å². The minimum atomic E-state index is -2.87. The lowest BCUT2D eigenvalue weighted by Crippen LogP contribution is -2.46. The van der Waals surface area contributed by atoms with Crippen LogP contribution in [0.5, 0.6) is 11.5 Å². The molecular formula is C17H22F2N4O2. The highest BCUT2D eigenvalue weighted by molar-refractivity contribution is 5.43. The Kier molecular flexibility index (Phi) is 5.50. The Labute approximate surface area is 145 Å². The number of halogens is 2. The first kappa shape index (κ1) is 17.6. The van der Waals surface area contributed by atoms with Gasteiger partial charge in [0.1, 0.15) is 5.82 Å². The van der Waals surface area contributed by atoms with Crippen LogP contribution >= 0.6 is 0 Å². The molecule has 6 nitrogen and oxygen atoms in total. The lowest BCUT2D eigenvalue weighted by Gasteiger charge is -2.35.